The van der Waals surface area contributed by atoms with Gasteiger partial charge in [0.15, 0.2) is 5.82 Å². The molecule has 0 spiro atoms. The van der Waals surface area contributed by atoms with Crippen LogP contribution in [0.3, 0.4) is 0 Å². The number of fused-ring (bicyclic) bond motifs is 4. The third kappa shape index (κ3) is 5.71. The molecule has 4 heterocycles. The molecule has 3 aliphatic rings. The zero-order chi connectivity index (χ0) is 29.5. The van der Waals surface area contributed by atoms with E-state index in [0.29, 0.717) is 41.6 Å². The zero-order valence-corrected chi connectivity index (χ0v) is 25.1. The number of phenols is 1. The number of piperazine rings is 1. The van der Waals surface area contributed by atoms with Crippen molar-refractivity contribution in [2.24, 2.45) is 0 Å². The summed E-state index contributed by atoms with van der Waals surface area (Å²) in [5, 5.41) is 16.5. The molecular formula is C33H37ClFN5O3. The number of rotatable bonds is 8. The number of hydrogen-bond donors (Lipinski definition) is 2. The van der Waals surface area contributed by atoms with Crippen molar-refractivity contribution in [2.45, 2.75) is 50.3 Å². The number of benzene rings is 3. The Kier molecular flexibility index (Phi) is 7.98. The standard InChI is InChI=1S/C33H37ClFN5O3/c1-42-24-9-12-39(13-10-24)11-4-14-43-33-37-31-27(32(38-33)40-18-21-7-8-22(19-40)36-21)17-28(34)29(30(31)35)26-16-23(41)15-20-5-2-3-6-25(20)26/h2-3,5-6,15-17,21-22,24,36,41H,4,7-14,18-19H2,1H3. The Hall–Kier alpha value is -3.24. The average Bonchev–Trinajstić information content (AvgIpc) is 3.36. The number of aromatic nitrogens is 2. The van der Waals surface area contributed by atoms with Gasteiger partial charge in [0.05, 0.1) is 17.7 Å². The van der Waals surface area contributed by atoms with Gasteiger partial charge in [-0.15, -0.1) is 0 Å². The smallest absolute Gasteiger partial charge is 0.319 e. The van der Waals surface area contributed by atoms with Crippen molar-refractivity contribution in [3.63, 3.8) is 0 Å². The number of halogens is 2. The first-order chi connectivity index (χ1) is 21.0. The lowest BCUT2D eigenvalue weighted by molar-refractivity contribution is 0.0398. The van der Waals surface area contributed by atoms with Crippen molar-refractivity contribution < 1.29 is 19.0 Å². The van der Waals surface area contributed by atoms with Gasteiger partial charge in [0, 0.05) is 62.9 Å². The van der Waals surface area contributed by atoms with Crippen molar-refractivity contribution in [1.82, 2.24) is 20.2 Å². The van der Waals surface area contributed by atoms with Crippen LogP contribution in [0.2, 0.25) is 5.02 Å². The fraction of sp³-hybridized carbons (Fsp3) is 0.455. The number of phenolic OH excluding ortho intramolecular Hbond substituents is 1. The van der Waals surface area contributed by atoms with Crippen LogP contribution in [0.5, 0.6) is 11.8 Å². The summed E-state index contributed by atoms with van der Waals surface area (Å²) in [6.07, 6.45) is 5.47. The molecule has 3 saturated heterocycles. The van der Waals surface area contributed by atoms with Crippen LogP contribution in [0.4, 0.5) is 10.2 Å². The van der Waals surface area contributed by atoms with Crippen molar-refractivity contribution >= 4 is 39.1 Å². The summed E-state index contributed by atoms with van der Waals surface area (Å²) < 4.78 is 28.3. The molecule has 0 amide bonds. The van der Waals surface area contributed by atoms with E-state index in [1.165, 1.54) is 0 Å². The molecule has 3 aromatic carbocycles. The van der Waals surface area contributed by atoms with Gasteiger partial charge in [0.1, 0.15) is 17.1 Å². The fourth-order valence-corrected chi connectivity index (χ4v) is 7.30. The SMILES string of the molecule is COC1CCN(CCCOc2nc(N3CC4CCC(C3)N4)c3cc(Cl)c(-c4cc(O)cc5ccccc45)c(F)c3n2)CC1. The van der Waals surface area contributed by atoms with Gasteiger partial charge in [0.25, 0.3) is 0 Å². The van der Waals surface area contributed by atoms with E-state index in [9.17, 15) is 5.11 Å². The van der Waals surface area contributed by atoms with Crippen LogP contribution < -0.4 is 15.0 Å². The van der Waals surface area contributed by atoms with Crippen LogP contribution >= 0.6 is 11.6 Å². The van der Waals surface area contributed by atoms with E-state index >= 15 is 4.39 Å². The molecule has 0 saturated carbocycles. The number of methoxy groups -OCH3 is 1. The minimum absolute atomic E-state index is 0.0411. The molecule has 2 bridgehead atoms. The molecule has 4 aromatic rings. The number of hydrogen-bond acceptors (Lipinski definition) is 8. The highest BCUT2D eigenvalue weighted by Crippen LogP contribution is 2.42. The van der Waals surface area contributed by atoms with Crippen molar-refractivity contribution in [3.05, 3.63) is 53.3 Å². The van der Waals surface area contributed by atoms with Crippen LogP contribution in [0, 0.1) is 5.82 Å². The number of nitrogens with zero attached hydrogens (tertiary/aromatic N) is 4. The maximum atomic E-state index is 16.7. The molecule has 0 radical (unpaired) electrons. The molecule has 43 heavy (non-hydrogen) atoms. The maximum absolute atomic E-state index is 16.7. The minimum Gasteiger partial charge on any atom is -0.508 e. The van der Waals surface area contributed by atoms with Crippen LogP contribution in [0.25, 0.3) is 32.8 Å². The van der Waals surface area contributed by atoms with E-state index < -0.39 is 5.82 Å². The molecule has 3 fully saturated rings. The summed E-state index contributed by atoms with van der Waals surface area (Å²) in [7, 11) is 1.78. The molecule has 0 aliphatic carbocycles. The van der Waals surface area contributed by atoms with Gasteiger partial charge < -0.3 is 29.7 Å². The molecular weight excluding hydrogens is 569 g/mol. The first kappa shape index (κ1) is 28.5. The van der Waals surface area contributed by atoms with Gasteiger partial charge in [0.2, 0.25) is 0 Å². The lowest BCUT2D eigenvalue weighted by Gasteiger charge is -2.34. The number of likely N-dealkylation sites (tertiary alicyclic amines) is 1. The van der Waals surface area contributed by atoms with E-state index in [2.05, 4.69) is 20.1 Å². The maximum Gasteiger partial charge on any atom is 0.319 e. The minimum atomic E-state index is -0.550. The Morgan fingerprint density at radius 2 is 1.79 bits per heavy atom. The fourth-order valence-electron chi connectivity index (χ4n) is 7.00. The summed E-state index contributed by atoms with van der Waals surface area (Å²) in [6.45, 7) is 4.92. The predicted molar refractivity (Wildman–Crippen MR) is 168 cm³/mol. The first-order valence-electron chi connectivity index (χ1n) is 15.3. The van der Waals surface area contributed by atoms with Gasteiger partial charge in [-0.3, -0.25) is 0 Å². The summed E-state index contributed by atoms with van der Waals surface area (Å²) in [5.41, 5.74) is 0.885. The third-order valence-corrected chi connectivity index (χ3v) is 9.49. The van der Waals surface area contributed by atoms with E-state index in [1.807, 2.05) is 24.3 Å². The normalized spacial score (nSPS) is 21.2. The average molecular weight is 606 g/mol. The van der Waals surface area contributed by atoms with Crippen molar-refractivity contribution in [1.29, 1.82) is 0 Å². The first-order valence-corrected chi connectivity index (χ1v) is 15.7. The summed E-state index contributed by atoms with van der Waals surface area (Å²) >= 11 is 6.86. The molecule has 7 rings (SSSR count). The number of ether oxygens (including phenoxy) is 2. The van der Waals surface area contributed by atoms with Gasteiger partial charge in [-0.25, -0.2) is 4.39 Å². The van der Waals surface area contributed by atoms with E-state index in [-0.39, 0.29) is 27.9 Å². The number of aromatic hydroxyl groups is 1. The van der Waals surface area contributed by atoms with Crippen LogP contribution in [0.1, 0.15) is 32.1 Å². The molecule has 3 aliphatic heterocycles. The Balaban J connectivity index is 1.24. The Morgan fingerprint density at radius 1 is 1.02 bits per heavy atom. The quantitative estimate of drug-likeness (QED) is 0.245. The second-order valence-corrected chi connectivity index (χ2v) is 12.4. The number of piperidine rings is 1. The van der Waals surface area contributed by atoms with E-state index in [1.54, 1.807) is 25.3 Å². The van der Waals surface area contributed by atoms with Crippen LogP contribution in [-0.4, -0.2) is 84.6 Å². The van der Waals surface area contributed by atoms with Crippen molar-refractivity contribution in [3.8, 4) is 22.9 Å². The molecule has 2 N–H and O–H groups in total. The Bertz CT molecular complexity index is 1630. The molecule has 2 unspecified atom stereocenters. The van der Waals surface area contributed by atoms with Crippen LogP contribution in [-0.2, 0) is 4.74 Å². The summed E-state index contributed by atoms with van der Waals surface area (Å²) in [5.74, 6) is 0.137. The molecule has 8 nitrogen and oxygen atoms in total. The monoisotopic (exact) mass is 605 g/mol. The number of anilines is 1. The lowest BCUT2D eigenvalue weighted by Crippen LogP contribution is -2.51. The van der Waals surface area contributed by atoms with Gasteiger partial charge in [-0.1, -0.05) is 35.9 Å². The largest absolute Gasteiger partial charge is 0.508 e. The lowest BCUT2D eigenvalue weighted by atomic mass is 9.96. The highest BCUT2D eigenvalue weighted by molar-refractivity contribution is 6.35. The zero-order valence-electron chi connectivity index (χ0n) is 24.4. The Labute approximate surface area is 255 Å². The predicted octanol–water partition coefficient (Wildman–Crippen LogP) is 5.77. The third-order valence-electron chi connectivity index (χ3n) is 9.19. The van der Waals surface area contributed by atoms with Gasteiger partial charge in [-0.05, 0) is 66.6 Å². The van der Waals surface area contributed by atoms with Gasteiger partial charge in [-0.2, -0.15) is 9.97 Å². The van der Waals surface area contributed by atoms with Crippen LogP contribution in [0.15, 0.2) is 42.5 Å². The van der Waals surface area contributed by atoms with Gasteiger partial charge >= 0.3 is 6.01 Å². The Morgan fingerprint density at radius 3 is 2.56 bits per heavy atom. The van der Waals surface area contributed by atoms with E-state index in [4.69, 9.17) is 26.1 Å². The second-order valence-electron chi connectivity index (χ2n) is 12.0. The summed E-state index contributed by atoms with van der Waals surface area (Å²) in [4.78, 5) is 14.1. The van der Waals surface area contributed by atoms with E-state index in [0.717, 1.165) is 75.6 Å². The molecule has 2 atom stereocenters. The number of nitrogens with one attached hydrogen (secondary N) is 1. The highest BCUT2D eigenvalue weighted by atomic mass is 35.5. The highest BCUT2D eigenvalue weighted by Gasteiger charge is 2.34. The molecule has 10 heteroatoms. The molecule has 226 valence electrons. The van der Waals surface area contributed by atoms with Crippen molar-refractivity contribution in [2.75, 3.05) is 51.3 Å². The molecule has 1 aromatic heterocycles. The second kappa shape index (κ2) is 12.0. The topological polar surface area (TPSA) is 83.0 Å². The summed E-state index contributed by atoms with van der Waals surface area (Å²) in [6, 6.07) is 13.4.